The minimum absolute atomic E-state index is 0.129. The highest BCUT2D eigenvalue weighted by molar-refractivity contribution is 7.18. The Morgan fingerprint density at radius 1 is 1.40 bits per heavy atom. The van der Waals surface area contributed by atoms with Gasteiger partial charge in [0, 0.05) is 10.8 Å². The van der Waals surface area contributed by atoms with Gasteiger partial charge in [0.15, 0.2) is 0 Å². The first kappa shape index (κ1) is 13.3. The summed E-state index contributed by atoms with van der Waals surface area (Å²) in [7, 11) is 0. The molecular weight excluding hydrogens is 274 g/mol. The van der Waals surface area contributed by atoms with E-state index in [2.05, 4.69) is 15.3 Å². The molecule has 0 spiro atoms. The predicted octanol–water partition coefficient (Wildman–Crippen LogP) is 2.18. The second kappa shape index (κ2) is 5.75. The molecule has 1 aliphatic carbocycles. The number of hydrogen-bond acceptors (Lipinski definition) is 4. The van der Waals surface area contributed by atoms with Gasteiger partial charge in [0.05, 0.1) is 18.3 Å². The Balaban J connectivity index is 1.66. The van der Waals surface area contributed by atoms with Crippen molar-refractivity contribution in [2.75, 3.05) is 0 Å². The zero-order valence-corrected chi connectivity index (χ0v) is 12.0. The average molecular weight is 291 g/mol. The third kappa shape index (κ3) is 2.75. The van der Waals surface area contributed by atoms with Crippen LogP contribution < -0.4 is 10.9 Å². The molecule has 1 fully saturated rings. The molecule has 0 radical (unpaired) electrons. The van der Waals surface area contributed by atoms with E-state index in [1.165, 1.54) is 24.1 Å². The SMILES string of the molecule is O=C(NCc1cc2c(=O)[nH]cnc2s1)C1CCCCC1. The lowest BCUT2D eigenvalue weighted by Crippen LogP contribution is -2.31. The van der Waals surface area contributed by atoms with Crippen molar-refractivity contribution in [2.24, 2.45) is 5.92 Å². The Bertz CT molecular complexity index is 670. The number of carbonyl (C=O) groups excluding carboxylic acids is 1. The molecule has 0 atom stereocenters. The Hall–Kier alpha value is -1.69. The molecule has 2 aromatic heterocycles. The maximum atomic E-state index is 12.1. The first-order valence-electron chi connectivity index (χ1n) is 6.98. The molecule has 2 N–H and O–H groups in total. The fraction of sp³-hybridized carbons (Fsp3) is 0.500. The summed E-state index contributed by atoms with van der Waals surface area (Å²) in [6, 6.07) is 1.81. The third-order valence-corrected chi connectivity index (χ3v) is 4.84. The van der Waals surface area contributed by atoms with Gasteiger partial charge >= 0.3 is 0 Å². The minimum Gasteiger partial charge on any atom is -0.351 e. The summed E-state index contributed by atoms with van der Waals surface area (Å²) in [5.74, 6) is 0.309. The van der Waals surface area contributed by atoms with Crippen molar-refractivity contribution in [3.8, 4) is 0 Å². The molecule has 1 saturated carbocycles. The van der Waals surface area contributed by atoms with Crippen LogP contribution in [0.25, 0.3) is 10.2 Å². The number of amides is 1. The summed E-state index contributed by atoms with van der Waals surface area (Å²) in [6.45, 7) is 0.482. The zero-order valence-electron chi connectivity index (χ0n) is 11.1. The Kier molecular flexibility index (Phi) is 3.82. The molecule has 2 heterocycles. The maximum absolute atomic E-state index is 12.1. The van der Waals surface area contributed by atoms with Crippen molar-refractivity contribution in [1.82, 2.24) is 15.3 Å². The van der Waals surface area contributed by atoms with E-state index < -0.39 is 0 Å². The summed E-state index contributed by atoms with van der Waals surface area (Å²) >= 11 is 1.45. The van der Waals surface area contributed by atoms with Crippen LogP contribution in [0.2, 0.25) is 0 Å². The standard InChI is InChI=1S/C14H17N3O2S/c18-12(9-4-2-1-3-5-9)15-7-10-6-11-13(19)16-8-17-14(11)20-10/h6,8-9H,1-5,7H2,(H,15,18)(H,16,17,19). The summed E-state index contributed by atoms with van der Waals surface area (Å²) in [5.41, 5.74) is -0.129. The van der Waals surface area contributed by atoms with Crippen molar-refractivity contribution < 1.29 is 4.79 Å². The summed E-state index contributed by atoms with van der Waals surface area (Å²) in [5, 5.41) is 3.58. The number of aromatic nitrogens is 2. The van der Waals surface area contributed by atoms with Gasteiger partial charge < -0.3 is 10.3 Å². The summed E-state index contributed by atoms with van der Waals surface area (Å²) in [4.78, 5) is 32.0. The van der Waals surface area contributed by atoms with E-state index >= 15 is 0 Å². The van der Waals surface area contributed by atoms with E-state index in [0.717, 1.165) is 35.4 Å². The minimum atomic E-state index is -0.129. The van der Waals surface area contributed by atoms with Gasteiger partial charge in [-0.05, 0) is 18.9 Å². The van der Waals surface area contributed by atoms with Crippen LogP contribution in [-0.2, 0) is 11.3 Å². The topological polar surface area (TPSA) is 74.8 Å². The summed E-state index contributed by atoms with van der Waals surface area (Å²) in [6.07, 6.45) is 6.96. The predicted molar refractivity (Wildman–Crippen MR) is 78.7 cm³/mol. The molecule has 3 rings (SSSR count). The van der Waals surface area contributed by atoms with Crippen molar-refractivity contribution in [2.45, 2.75) is 38.6 Å². The van der Waals surface area contributed by atoms with Gasteiger partial charge in [-0.1, -0.05) is 19.3 Å². The molecule has 0 bridgehead atoms. The van der Waals surface area contributed by atoms with Gasteiger partial charge in [-0.2, -0.15) is 0 Å². The highest BCUT2D eigenvalue weighted by atomic mass is 32.1. The molecule has 1 aliphatic rings. The highest BCUT2D eigenvalue weighted by Gasteiger charge is 2.20. The number of fused-ring (bicyclic) bond motifs is 1. The van der Waals surface area contributed by atoms with Crippen LogP contribution in [0.1, 0.15) is 37.0 Å². The first-order valence-corrected chi connectivity index (χ1v) is 7.79. The molecule has 0 unspecified atom stereocenters. The van der Waals surface area contributed by atoms with Gasteiger partial charge in [0.1, 0.15) is 4.83 Å². The number of nitrogens with one attached hydrogen (secondary N) is 2. The monoisotopic (exact) mass is 291 g/mol. The lowest BCUT2D eigenvalue weighted by atomic mass is 9.89. The smallest absolute Gasteiger partial charge is 0.259 e. The quantitative estimate of drug-likeness (QED) is 0.910. The molecular formula is C14H17N3O2S. The number of thiophene rings is 1. The van der Waals surface area contributed by atoms with Crippen LogP contribution in [0, 0.1) is 5.92 Å². The van der Waals surface area contributed by atoms with E-state index in [1.54, 1.807) is 0 Å². The van der Waals surface area contributed by atoms with Crippen molar-refractivity contribution in [1.29, 1.82) is 0 Å². The Morgan fingerprint density at radius 2 is 2.20 bits per heavy atom. The third-order valence-electron chi connectivity index (χ3n) is 3.80. The second-order valence-corrected chi connectivity index (χ2v) is 6.33. The molecule has 6 heteroatoms. The van der Waals surface area contributed by atoms with Gasteiger partial charge in [0.2, 0.25) is 5.91 Å². The highest BCUT2D eigenvalue weighted by Crippen LogP contribution is 2.24. The van der Waals surface area contributed by atoms with E-state index in [9.17, 15) is 9.59 Å². The van der Waals surface area contributed by atoms with E-state index in [4.69, 9.17) is 0 Å². The van der Waals surface area contributed by atoms with Crippen molar-refractivity contribution in [3.05, 3.63) is 27.6 Å². The Labute approximate surface area is 120 Å². The molecule has 2 aromatic rings. The number of carbonyl (C=O) groups is 1. The number of rotatable bonds is 3. The summed E-state index contributed by atoms with van der Waals surface area (Å²) < 4.78 is 0. The molecule has 20 heavy (non-hydrogen) atoms. The van der Waals surface area contributed by atoms with Gasteiger partial charge in [-0.3, -0.25) is 9.59 Å². The van der Waals surface area contributed by atoms with Crippen LogP contribution in [0.4, 0.5) is 0 Å². The molecule has 1 amide bonds. The van der Waals surface area contributed by atoms with Gasteiger partial charge in [-0.15, -0.1) is 11.3 Å². The molecule has 0 saturated heterocycles. The van der Waals surface area contributed by atoms with Crippen LogP contribution in [-0.4, -0.2) is 15.9 Å². The van der Waals surface area contributed by atoms with Crippen LogP contribution in [0.5, 0.6) is 0 Å². The largest absolute Gasteiger partial charge is 0.351 e. The maximum Gasteiger partial charge on any atom is 0.259 e. The lowest BCUT2D eigenvalue weighted by molar-refractivity contribution is -0.126. The molecule has 5 nitrogen and oxygen atoms in total. The van der Waals surface area contributed by atoms with E-state index in [1.807, 2.05) is 6.07 Å². The fourth-order valence-electron chi connectivity index (χ4n) is 2.69. The van der Waals surface area contributed by atoms with E-state index in [-0.39, 0.29) is 17.4 Å². The van der Waals surface area contributed by atoms with Crippen molar-refractivity contribution in [3.63, 3.8) is 0 Å². The van der Waals surface area contributed by atoms with Crippen molar-refractivity contribution >= 4 is 27.5 Å². The number of H-pyrrole nitrogens is 1. The number of aromatic amines is 1. The lowest BCUT2D eigenvalue weighted by Gasteiger charge is -2.20. The fourth-order valence-corrected chi connectivity index (χ4v) is 3.62. The first-order chi connectivity index (χ1) is 9.74. The Morgan fingerprint density at radius 3 is 2.95 bits per heavy atom. The molecule has 106 valence electrons. The number of hydrogen-bond donors (Lipinski definition) is 2. The van der Waals surface area contributed by atoms with Crippen LogP contribution in [0.3, 0.4) is 0 Å². The van der Waals surface area contributed by atoms with Crippen LogP contribution in [0.15, 0.2) is 17.2 Å². The molecule has 0 aliphatic heterocycles. The van der Waals surface area contributed by atoms with E-state index in [0.29, 0.717) is 11.9 Å². The van der Waals surface area contributed by atoms with Crippen LogP contribution >= 0.6 is 11.3 Å². The van der Waals surface area contributed by atoms with Gasteiger partial charge in [-0.25, -0.2) is 4.98 Å². The zero-order chi connectivity index (χ0) is 13.9. The molecule has 0 aromatic carbocycles. The second-order valence-electron chi connectivity index (χ2n) is 5.22. The normalized spacial score (nSPS) is 16.4. The number of nitrogens with zero attached hydrogens (tertiary/aromatic N) is 1. The average Bonchev–Trinajstić information content (AvgIpc) is 2.90. The van der Waals surface area contributed by atoms with Gasteiger partial charge in [0.25, 0.3) is 5.56 Å².